The van der Waals surface area contributed by atoms with Crippen molar-refractivity contribution in [3.63, 3.8) is 0 Å². The van der Waals surface area contributed by atoms with Gasteiger partial charge in [0.05, 0.1) is 10.8 Å². The Hall–Kier alpha value is 7.28. The molecule has 580 valence electrons. The Balaban J connectivity index is -0.000000125. The van der Waals surface area contributed by atoms with Crippen molar-refractivity contribution in [3.8, 4) is 0 Å². The van der Waals surface area contributed by atoms with Gasteiger partial charge in [-0.15, -0.1) is 302 Å². The van der Waals surface area contributed by atoms with E-state index in [2.05, 4.69) is 55.4 Å². The molecular weight excluding hydrogens is 1740 g/mol. The number of rotatable bonds is 49. The molecule has 0 aliphatic carbocycles. The second-order valence-electron chi connectivity index (χ2n) is 22.5. The van der Waals surface area contributed by atoms with E-state index in [1.807, 2.05) is 19.1 Å². The third kappa shape index (κ3) is 106. The molecule has 0 saturated carbocycles. The molecule has 0 fully saturated rings. The van der Waals surface area contributed by atoms with Gasteiger partial charge in [0.25, 0.3) is 0 Å². The zero-order chi connectivity index (χ0) is 74.5. The molecule has 0 radical (unpaired) electrons. The zero-order valence-corrected chi connectivity index (χ0v) is 77.7. The Labute approximate surface area is 710 Å². The molecule has 0 spiro atoms. The standard InChI is InChI=1S/2C10H18Cl4.4C8H15Cl3.C8H14Cl2.C6H12Cl2.C2H4Cl2/c1-2-3-9(13)6-10(14)8(7-12)4-5-11;1-2-3-9(13)6-8(4-5-11)10(14)7-12;1-3-4-7(10)5-8(11)6(2)9;2*1-2-3-7(10)6-8(11)4-5-9;1-2-3-7(10)4-5-8(11)6-9;1-2-5-8(10)6-3-4-7-9;1-2-3-6(8)4-5-7;3-1-2-4/h2*8-10H,2-7H2,1H3;6-8H,3-5H2,1-2H3;3*7-8H,2-6H2,1H3;3-4,8H,2,5-7H2,1H3;6H,2-5H2,1H3;1-2H2/b;;;;;;4-3+;;. The molecule has 0 aliphatic rings. The molecule has 0 bridgehead atoms. The van der Waals surface area contributed by atoms with E-state index in [0.29, 0.717) is 81.4 Å². The van der Waals surface area contributed by atoms with Crippen molar-refractivity contribution in [2.45, 2.75) is 329 Å². The highest BCUT2D eigenvalue weighted by molar-refractivity contribution is 6.31. The Bertz CT molecular complexity index is 1290. The van der Waals surface area contributed by atoms with Crippen LogP contribution in [0.25, 0.3) is 0 Å². The lowest BCUT2D eigenvalue weighted by Gasteiger charge is -2.22. The molecule has 0 aromatic carbocycles. The quantitative estimate of drug-likeness (QED) is 0.0421. The molecule has 26 heteroatoms. The van der Waals surface area contributed by atoms with Crippen LogP contribution >= 0.6 is 302 Å². The predicted molar refractivity (Wildman–Crippen MR) is 464 cm³/mol. The monoisotopic (exact) mass is 1850 g/mol. The van der Waals surface area contributed by atoms with Crippen molar-refractivity contribution >= 4 is 302 Å². The van der Waals surface area contributed by atoms with Crippen LogP contribution in [0.15, 0.2) is 12.2 Å². The summed E-state index contributed by atoms with van der Waals surface area (Å²) >= 11 is 150. The van der Waals surface area contributed by atoms with E-state index in [1.54, 1.807) is 0 Å². The summed E-state index contributed by atoms with van der Waals surface area (Å²) < 4.78 is 0. The Morgan fingerprint density at radius 3 is 0.819 bits per heavy atom. The molecule has 0 heterocycles. The van der Waals surface area contributed by atoms with Gasteiger partial charge in [0.15, 0.2) is 0 Å². The van der Waals surface area contributed by atoms with Crippen LogP contribution in [0.2, 0.25) is 0 Å². The van der Waals surface area contributed by atoms with Gasteiger partial charge in [-0.3, -0.25) is 0 Å². The molecule has 0 saturated heterocycles. The van der Waals surface area contributed by atoms with Crippen LogP contribution in [0.3, 0.4) is 0 Å². The van der Waals surface area contributed by atoms with Gasteiger partial charge < -0.3 is 0 Å². The highest BCUT2D eigenvalue weighted by Gasteiger charge is 2.23. The number of hydrogen-bond acceptors (Lipinski definition) is 0. The van der Waals surface area contributed by atoms with Gasteiger partial charge >= 0.3 is 0 Å². The topological polar surface area (TPSA) is 0 Å². The maximum atomic E-state index is 6.23. The summed E-state index contributed by atoms with van der Waals surface area (Å²) in [6.45, 7) is 18.9. The van der Waals surface area contributed by atoms with E-state index in [9.17, 15) is 0 Å². The molecule has 17 unspecified atom stereocenters. The fourth-order valence-corrected chi connectivity index (χ4v) is 15.7. The number of halogens is 26. The van der Waals surface area contributed by atoms with Crippen molar-refractivity contribution in [2.24, 2.45) is 11.8 Å². The molecule has 0 aromatic heterocycles. The third-order valence-corrected chi connectivity index (χ3v) is 22.8. The summed E-state index contributed by atoms with van der Waals surface area (Å²) in [5.41, 5.74) is 0. The molecule has 0 nitrogen and oxygen atoms in total. The Morgan fingerprint density at radius 2 is 0.511 bits per heavy atom. The van der Waals surface area contributed by atoms with Crippen molar-refractivity contribution in [2.75, 3.05) is 64.7 Å². The first kappa shape index (κ1) is 120. The fourth-order valence-electron chi connectivity index (χ4n) is 7.80. The fraction of sp³-hybridized carbons (Fsp3) is 0.971. The second kappa shape index (κ2) is 98.3. The SMILES string of the molecule is CCCC(Cl)C/C=C/CCl.CCCC(Cl)CC(CCCl)C(Cl)CCl.CCCC(Cl)CC(Cl)C(C)Cl.CCCC(Cl)CC(Cl)C(CCl)CCCl.CCCC(Cl)CC(Cl)CCCl.CCCC(Cl)CC(Cl)CCCl.CCCC(Cl)CCC(Cl)CCl.CCCC(Cl)CCCl.ClCCCl. The van der Waals surface area contributed by atoms with Crippen LogP contribution in [-0.4, -0.2) is 145 Å². The summed E-state index contributed by atoms with van der Waals surface area (Å²) in [7, 11) is 0. The van der Waals surface area contributed by atoms with Crippen molar-refractivity contribution in [1.29, 1.82) is 0 Å². The van der Waals surface area contributed by atoms with E-state index in [-0.39, 0.29) is 75.8 Å². The minimum atomic E-state index is -0.00600. The lowest BCUT2D eigenvalue weighted by molar-refractivity contribution is 0.446. The minimum absolute atomic E-state index is 0.00529. The van der Waals surface area contributed by atoms with Gasteiger partial charge in [-0.2, -0.15) is 0 Å². The molecule has 94 heavy (non-hydrogen) atoms. The van der Waals surface area contributed by atoms with Crippen LogP contribution in [-0.2, 0) is 0 Å². The minimum Gasteiger partial charge on any atom is -0.127 e. The average Bonchev–Trinajstić information content (AvgIpc) is 1.67. The van der Waals surface area contributed by atoms with E-state index in [1.165, 1.54) is 0 Å². The summed E-state index contributed by atoms with van der Waals surface area (Å²) in [5, 5.41) is 2.36. The molecular formula is C68H126Cl26. The molecule has 0 aliphatic heterocycles. The largest absolute Gasteiger partial charge is 0.127 e. The smallest absolute Gasteiger partial charge is 0.0511 e. The highest BCUT2D eigenvalue weighted by atomic mass is 35.5. The number of alkyl halides is 26. The number of allylic oxidation sites excluding steroid dienone is 2. The van der Waals surface area contributed by atoms with Crippen LogP contribution in [0.1, 0.15) is 249 Å². The van der Waals surface area contributed by atoms with Crippen LogP contribution in [0, 0.1) is 11.8 Å². The lowest BCUT2D eigenvalue weighted by atomic mass is 9.95. The van der Waals surface area contributed by atoms with Gasteiger partial charge in [0.1, 0.15) is 0 Å². The van der Waals surface area contributed by atoms with Gasteiger partial charge in [0, 0.05) is 135 Å². The summed E-state index contributed by atoms with van der Waals surface area (Å²) in [6, 6.07) is 0. The van der Waals surface area contributed by atoms with Crippen LogP contribution in [0.5, 0.6) is 0 Å². The first-order valence-corrected chi connectivity index (χ1v) is 46.4. The zero-order valence-electron chi connectivity index (χ0n) is 58.1. The molecule has 0 rings (SSSR count). The molecule has 0 amide bonds. The molecule has 0 N–H and O–H groups in total. The van der Waals surface area contributed by atoms with Gasteiger partial charge in [-0.25, -0.2) is 0 Å². The predicted octanol–water partition coefficient (Wildman–Crippen LogP) is 33.9. The Morgan fingerprint density at radius 1 is 0.223 bits per heavy atom. The van der Waals surface area contributed by atoms with Gasteiger partial charge in [0.2, 0.25) is 0 Å². The average molecular weight is 1870 g/mol. The van der Waals surface area contributed by atoms with Crippen molar-refractivity contribution < 1.29 is 0 Å². The normalized spacial score (nSPS) is 16.3. The van der Waals surface area contributed by atoms with Crippen LogP contribution < -0.4 is 0 Å². The van der Waals surface area contributed by atoms with Crippen molar-refractivity contribution in [3.05, 3.63) is 12.2 Å². The second-order valence-corrected chi connectivity index (χ2v) is 35.5. The van der Waals surface area contributed by atoms with Crippen molar-refractivity contribution in [1.82, 2.24) is 0 Å². The number of hydrogen-bond donors (Lipinski definition) is 0. The maximum absolute atomic E-state index is 6.23. The summed E-state index contributed by atoms with van der Waals surface area (Å²) in [5.74, 6) is 7.09. The molecule has 17 atom stereocenters. The lowest BCUT2D eigenvalue weighted by Crippen LogP contribution is -2.21. The summed E-state index contributed by atoms with van der Waals surface area (Å²) in [4.78, 5) is 0. The van der Waals surface area contributed by atoms with E-state index < -0.39 is 0 Å². The molecule has 0 aromatic rings. The van der Waals surface area contributed by atoms with E-state index in [0.717, 1.165) is 186 Å². The highest BCUT2D eigenvalue weighted by Crippen LogP contribution is 2.28. The van der Waals surface area contributed by atoms with E-state index in [4.69, 9.17) is 302 Å². The maximum Gasteiger partial charge on any atom is 0.0511 e. The van der Waals surface area contributed by atoms with Crippen LogP contribution in [0.4, 0.5) is 0 Å². The van der Waals surface area contributed by atoms with Gasteiger partial charge in [-0.1, -0.05) is 119 Å². The third-order valence-electron chi connectivity index (χ3n) is 13.1. The first-order valence-electron chi connectivity index (χ1n) is 33.9. The van der Waals surface area contributed by atoms with Gasteiger partial charge in [-0.05, 0) is 154 Å². The first-order chi connectivity index (χ1) is 44.5. The summed E-state index contributed by atoms with van der Waals surface area (Å²) in [6.07, 6.45) is 33.0. The van der Waals surface area contributed by atoms with E-state index >= 15 is 0 Å². The Kier molecular flexibility index (Phi) is 125.